The third-order valence-corrected chi connectivity index (χ3v) is 2.72. The Kier molecular flexibility index (Phi) is 4.72. The van der Waals surface area contributed by atoms with E-state index in [1.807, 2.05) is 12.5 Å². The molecule has 3 N–H and O–H groups in total. The summed E-state index contributed by atoms with van der Waals surface area (Å²) >= 11 is 0. The first kappa shape index (κ1) is 13.3. The number of nitrogens with zero attached hydrogens (tertiary/aromatic N) is 4. The highest BCUT2D eigenvalue weighted by molar-refractivity contribution is 5.44. The molecule has 0 fully saturated rings. The van der Waals surface area contributed by atoms with Crippen LogP contribution in [0.5, 0.6) is 0 Å². The normalized spacial score (nSPS) is 10.6. The first-order valence-corrected chi connectivity index (χ1v) is 6.61. The second kappa shape index (κ2) is 6.72. The molecule has 2 aromatic heterocycles. The van der Waals surface area contributed by atoms with E-state index in [1.54, 1.807) is 12.3 Å². The lowest BCUT2D eigenvalue weighted by Gasteiger charge is -2.08. The van der Waals surface area contributed by atoms with Gasteiger partial charge in [0, 0.05) is 38.0 Å². The quantitative estimate of drug-likeness (QED) is 0.741. The summed E-state index contributed by atoms with van der Waals surface area (Å²) in [5.74, 6) is 2.14. The summed E-state index contributed by atoms with van der Waals surface area (Å²) in [7, 11) is 0. The Labute approximate surface area is 113 Å². The Morgan fingerprint density at radius 1 is 1.37 bits per heavy atom. The lowest BCUT2D eigenvalue weighted by atomic mass is 10.3. The third kappa shape index (κ3) is 4.24. The molecule has 0 aliphatic heterocycles. The van der Waals surface area contributed by atoms with Crippen molar-refractivity contribution >= 4 is 11.6 Å². The van der Waals surface area contributed by atoms with Crippen LogP contribution in [0.15, 0.2) is 24.8 Å². The van der Waals surface area contributed by atoms with E-state index >= 15 is 0 Å². The van der Waals surface area contributed by atoms with Crippen molar-refractivity contribution in [2.75, 3.05) is 17.6 Å². The summed E-state index contributed by atoms with van der Waals surface area (Å²) in [5, 5.41) is 3.28. The number of nitrogen functional groups attached to an aromatic ring is 1. The van der Waals surface area contributed by atoms with Gasteiger partial charge in [0.05, 0.1) is 6.33 Å². The monoisotopic (exact) mass is 260 g/mol. The second-order valence-corrected chi connectivity index (χ2v) is 4.43. The van der Waals surface area contributed by atoms with Crippen LogP contribution in [-0.2, 0) is 13.0 Å². The van der Waals surface area contributed by atoms with E-state index < -0.39 is 0 Å². The number of nitrogens with one attached hydrogen (secondary N) is 1. The van der Waals surface area contributed by atoms with Crippen molar-refractivity contribution in [2.24, 2.45) is 0 Å². The van der Waals surface area contributed by atoms with Crippen LogP contribution in [0.25, 0.3) is 0 Å². The van der Waals surface area contributed by atoms with Crippen LogP contribution in [0.4, 0.5) is 11.6 Å². The van der Waals surface area contributed by atoms with Crippen molar-refractivity contribution in [3.63, 3.8) is 0 Å². The zero-order valence-corrected chi connectivity index (χ0v) is 11.2. The van der Waals surface area contributed by atoms with Gasteiger partial charge in [-0.15, -0.1) is 0 Å². The number of hydrogen-bond donors (Lipinski definition) is 2. The molecular weight excluding hydrogens is 240 g/mol. The number of rotatable bonds is 7. The van der Waals surface area contributed by atoms with E-state index in [-0.39, 0.29) is 0 Å². The Morgan fingerprint density at radius 3 is 3.00 bits per heavy atom. The van der Waals surface area contributed by atoms with Crippen molar-refractivity contribution in [3.8, 4) is 0 Å². The van der Waals surface area contributed by atoms with E-state index in [4.69, 9.17) is 5.73 Å². The molecule has 0 amide bonds. The van der Waals surface area contributed by atoms with Gasteiger partial charge in [0.2, 0.25) is 0 Å². The average Bonchev–Trinajstić information content (AvgIpc) is 2.87. The van der Waals surface area contributed by atoms with Crippen LogP contribution in [0, 0.1) is 0 Å². The molecule has 0 aliphatic carbocycles. The minimum Gasteiger partial charge on any atom is -0.384 e. The molecule has 0 saturated heterocycles. The molecule has 0 unspecified atom stereocenters. The van der Waals surface area contributed by atoms with Gasteiger partial charge >= 0.3 is 0 Å². The van der Waals surface area contributed by atoms with Gasteiger partial charge in [-0.3, -0.25) is 0 Å². The zero-order valence-electron chi connectivity index (χ0n) is 11.2. The molecule has 102 valence electrons. The van der Waals surface area contributed by atoms with Crippen LogP contribution in [0.3, 0.4) is 0 Å². The molecule has 19 heavy (non-hydrogen) atoms. The number of imidazole rings is 1. The van der Waals surface area contributed by atoms with Crippen LogP contribution < -0.4 is 11.1 Å². The van der Waals surface area contributed by atoms with Gasteiger partial charge in [-0.05, 0) is 12.8 Å². The molecule has 6 heteroatoms. The summed E-state index contributed by atoms with van der Waals surface area (Å²) < 4.78 is 2.05. The van der Waals surface area contributed by atoms with Crippen LogP contribution >= 0.6 is 0 Å². The molecule has 0 spiro atoms. The number of hydrogen-bond acceptors (Lipinski definition) is 5. The minimum atomic E-state index is 0.524. The smallest absolute Gasteiger partial charge is 0.133 e. The van der Waals surface area contributed by atoms with E-state index in [1.165, 1.54) is 0 Å². The summed E-state index contributed by atoms with van der Waals surface area (Å²) in [4.78, 5) is 12.7. The first-order chi connectivity index (χ1) is 9.28. The highest BCUT2D eigenvalue weighted by Gasteiger charge is 2.01. The molecule has 0 radical (unpaired) electrons. The van der Waals surface area contributed by atoms with Crippen molar-refractivity contribution in [1.82, 2.24) is 19.5 Å². The molecule has 2 rings (SSSR count). The fraction of sp³-hybridized carbons (Fsp3) is 0.462. The second-order valence-electron chi connectivity index (χ2n) is 4.43. The minimum absolute atomic E-state index is 0.524. The lowest BCUT2D eigenvalue weighted by molar-refractivity contribution is 0.659. The molecule has 0 atom stereocenters. The fourth-order valence-corrected chi connectivity index (χ4v) is 1.84. The standard InChI is InChI=1S/C13H20N6/c1-2-4-12-17-11(14)9-13(18-12)16-5-3-7-19-8-6-15-10-19/h6,8-10H,2-5,7H2,1H3,(H3,14,16,17,18). The maximum Gasteiger partial charge on any atom is 0.133 e. The molecule has 0 aromatic carbocycles. The number of aromatic nitrogens is 4. The van der Waals surface area contributed by atoms with Gasteiger partial charge in [0.25, 0.3) is 0 Å². The first-order valence-electron chi connectivity index (χ1n) is 6.61. The summed E-state index contributed by atoms with van der Waals surface area (Å²) in [5.41, 5.74) is 5.77. The Bertz CT molecular complexity index is 494. The maximum absolute atomic E-state index is 5.77. The SMILES string of the molecule is CCCc1nc(N)cc(NCCCn2ccnc2)n1. The molecular formula is C13H20N6. The van der Waals surface area contributed by atoms with E-state index in [2.05, 4.69) is 31.8 Å². The van der Waals surface area contributed by atoms with E-state index in [9.17, 15) is 0 Å². The predicted molar refractivity (Wildman–Crippen MR) is 75.8 cm³/mol. The van der Waals surface area contributed by atoms with E-state index in [0.717, 1.165) is 44.0 Å². The van der Waals surface area contributed by atoms with Crippen molar-refractivity contribution < 1.29 is 0 Å². The van der Waals surface area contributed by atoms with Gasteiger partial charge in [0.1, 0.15) is 17.5 Å². The highest BCUT2D eigenvalue weighted by atomic mass is 15.1. The van der Waals surface area contributed by atoms with Gasteiger partial charge in [-0.1, -0.05) is 6.92 Å². The van der Waals surface area contributed by atoms with Crippen LogP contribution in [-0.4, -0.2) is 26.1 Å². The molecule has 0 saturated carbocycles. The molecule has 0 aliphatic rings. The largest absolute Gasteiger partial charge is 0.384 e. The number of anilines is 2. The van der Waals surface area contributed by atoms with Crippen molar-refractivity contribution in [3.05, 3.63) is 30.6 Å². The van der Waals surface area contributed by atoms with Gasteiger partial charge in [0.15, 0.2) is 0 Å². The number of nitrogens with two attached hydrogens (primary N) is 1. The summed E-state index contributed by atoms with van der Waals surface area (Å²) in [6.07, 6.45) is 8.45. The molecule has 6 nitrogen and oxygen atoms in total. The van der Waals surface area contributed by atoms with E-state index in [0.29, 0.717) is 5.82 Å². The number of aryl methyl sites for hydroxylation is 2. The third-order valence-electron chi connectivity index (χ3n) is 2.72. The van der Waals surface area contributed by atoms with Crippen molar-refractivity contribution in [1.29, 1.82) is 0 Å². The highest BCUT2D eigenvalue weighted by Crippen LogP contribution is 2.09. The van der Waals surface area contributed by atoms with Gasteiger partial charge in [-0.2, -0.15) is 0 Å². The molecule has 2 aromatic rings. The van der Waals surface area contributed by atoms with Crippen molar-refractivity contribution in [2.45, 2.75) is 32.7 Å². The topological polar surface area (TPSA) is 81.6 Å². The van der Waals surface area contributed by atoms with Gasteiger partial charge in [-0.25, -0.2) is 15.0 Å². The summed E-state index contributed by atoms with van der Waals surface area (Å²) in [6.45, 7) is 3.89. The fourth-order valence-electron chi connectivity index (χ4n) is 1.84. The Hall–Kier alpha value is -2.11. The zero-order chi connectivity index (χ0) is 13.5. The van der Waals surface area contributed by atoms with Crippen LogP contribution in [0.2, 0.25) is 0 Å². The molecule has 2 heterocycles. The van der Waals surface area contributed by atoms with Crippen LogP contribution in [0.1, 0.15) is 25.6 Å². The summed E-state index contributed by atoms with van der Waals surface area (Å²) in [6, 6.07) is 1.77. The Morgan fingerprint density at radius 2 is 2.26 bits per heavy atom. The Balaban J connectivity index is 1.81. The van der Waals surface area contributed by atoms with Gasteiger partial charge < -0.3 is 15.6 Å². The lowest BCUT2D eigenvalue weighted by Crippen LogP contribution is -2.09. The maximum atomic E-state index is 5.77. The predicted octanol–water partition coefficient (Wildman–Crippen LogP) is 1.71. The molecule has 0 bridgehead atoms. The average molecular weight is 260 g/mol.